The zero-order valence-electron chi connectivity index (χ0n) is 12.3. The van der Waals surface area contributed by atoms with Gasteiger partial charge in [0.05, 0.1) is 6.61 Å². The lowest BCUT2D eigenvalue weighted by Gasteiger charge is -2.19. The molecule has 2 nitrogen and oxygen atoms in total. The molecule has 0 saturated carbocycles. The number of nitrogens with one attached hydrogen (secondary N) is 1. The predicted molar refractivity (Wildman–Crippen MR) is 81.4 cm³/mol. The summed E-state index contributed by atoms with van der Waals surface area (Å²) in [6.45, 7) is 8.16. The summed E-state index contributed by atoms with van der Waals surface area (Å²) in [7, 11) is 0. The van der Waals surface area contributed by atoms with Gasteiger partial charge in [0.1, 0.15) is 5.75 Å². The van der Waals surface area contributed by atoms with Gasteiger partial charge in [-0.25, -0.2) is 0 Å². The van der Waals surface area contributed by atoms with Gasteiger partial charge in [-0.3, -0.25) is 0 Å². The van der Waals surface area contributed by atoms with Crippen molar-refractivity contribution in [2.24, 2.45) is 0 Å². The standard InChI is InChI=1S/C17H25NO/c1-5-7-8-12-19-17-10-9-14(3)13-16(17)15(4)18-11-6-2/h1,9-10,13,15,18H,6-8,11-12H2,2-4H3. The Labute approximate surface area is 117 Å². The summed E-state index contributed by atoms with van der Waals surface area (Å²) in [5.41, 5.74) is 2.49. The van der Waals surface area contributed by atoms with Crippen LogP contribution in [0.1, 0.15) is 50.3 Å². The van der Waals surface area contributed by atoms with Gasteiger partial charge in [-0.2, -0.15) is 0 Å². The van der Waals surface area contributed by atoms with E-state index in [1.165, 1.54) is 11.1 Å². The fourth-order valence-electron chi connectivity index (χ4n) is 1.96. The summed E-state index contributed by atoms with van der Waals surface area (Å²) in [5.74, 6) is 3.61. The van der Waals surface area contributed by atoms with Crippen molar-refractivity contribution in [2.75, 3.05) is 13.2 Å². The van der Waals surface area contributed by atoms with Crippen molar-refractivity contribution in [1.29, 1.82) is 0 Å². The Morgan fingerprint density at radius 2 is 2.21 bits per heavy atom. The van der Waals surface area contributed by atoms with Gasteiger partial charge in [-0.15, -0.1) is 12.3 Å². The molecule has 1 N–H and O–H groups in total. The molecule has 1 atom stereocenters. The number of rotatable bonds is 8. The number of hydrogen-bond donors (Lipinski definition) is 1. The van der Waals surface area contributed by atoms with Gasteiger partial charge in [-0.05, 0) is 39.3 Å². The summed E-state index contributed by atoms with van der Waals surface area (Å²) in [5, 5.41) is 3.51. The first kappa shape index (κ1) is 15.6. The van der Waals surface area contributed by atoms with E-state index >= 15 is 0 Å². The van der Waals surface area contributed by atoms with E-state index in [1.807, 2.05) is 0 Å². The zero-order chi connectivity index (χ0) is 14.1. The lowest BCUT2D eigenvalue weighted by atomic mass is 10.0. The van der Waals surface area contributed by atoms with Crippen LogP contribution in [0, 0.1) is 19.3 Å². The molecule has 1 aromatic rings. The molecule has 0 aliphatic rings. The van der Waals surface area contributed by atoms with E-state index < -0.39 is 0 Å². The highest BCUT2D eigenvalue weighted by Crippen LogP contribution is 2.26. The molecule has 0 aliphatic heterocycles. The first-order chi connectivity index (χ1) is 9.19. The van der Waals surface area contributed by atoms with Crippen molar-refractivity contribution in [1.82, 2.24) is 5.32 Å². The molecule has 1 rings (SSSR count). The molecule has 0 radical (unpaired) electrons. The molecule has 1 aromatic carbocycles. The number of hydrogen-bond acceptors (Lipinski definition) is 2. The van der Waals surface area contributed by atoms with E-state index in [0.29, 0.717) is 12.6 Å². The minimum absolute atomic E-state index is 0.308. The van der Waals surface area contributed by atoms with Gasteiger partial charge >= 0.3 is 0 Å². The quantitative estimate of drug-likeness (QED) is 0.565. The highest BCUT2D eigenvalue weighted by Gasteiger charge is 2.11. The first-order valence-corrected chi connectivity index (χ1v) is 7.09. The number of ether oxygens (including phenoxy) is 1. The minimum Gasteiger partial charge on any atom is -0.493 e. The van der Waals surface area contributed by atoms with Gasteiger partial charge in [0.15, 0.2) is 0 Å². The number of unbranched alkanes of at least 4 members (excludes halogenated alkanes) is 1. The SMILES string of the molecule is C#CCCCOc1ccc(C)cc1C(C)NCCC. The Hall–Kier alpha value is -1.46. The molecule has 0 amide bonds. The molecule has 0 aliphatic carbocycles. The lowest BCUT2D eigenvalue weighted by molar-refractivity contribution is 0.306. The number of terminal acetylenes is 1. The van der Waals surface area contributed by atoms with Crippen molar-refractivity contribution in [3.05, 3.63) is 29.3 Å². The maximum atomic E-state index is 5.86. The van der Waals surface area contributed by atoms with Crippen LogP contribution in [-0.4, -0.2) is 13.2 Å². The molecule has 19 heavy (non-hydrogen) atoms. The van der Waals surface area contributed by atoms with Gasteiger partial charge in [0.2, 0.25) is 0 Å². The molecule has 2 heteroatoms. The fourth-order valence-corrected chi connectivity index (χ4v) is 1.96. The van der Waals surface area contributed by atoms with E-state index in [-0.39, 0.29) is 0 Å². The van der Waals surface area contributed by atoms with Crippen LogP contribution in [-0.2, 0) is 0 Å². The normalized spacial score (nSPS) is 11.9. The zero-order valence-corrected chi connectivity index (χ0v) is 12.3. The van der Waals surface area contributed by atoms with Crippen LogP contribution in [0.25, 0.3) is 0 Å². The van der Waals surface area contributed by atoms with Crippen LogP contribution < -0.4 is 10.1 Å². The van der Waals surface area contributed by atoms with Crippen molar-refractivity contribution >= 4 is 0 Å². The average molecular weight is 259 g/mol. The Balaban J connectivity index is 2.71. The average Bonchev–Trinajstić information content (AvgIpc) is 2.42. The molecule has 0 heterocycles. The van der Waals surface area contributed by atoms with Crippen LogP contribution in [0.15, 0.2) is 18.2 Å². The highest BCUT2D eigenvalue weighted by atomic mass is 16.5. The minimum atomic E-state index is 0.308. The van der Waals surface area contributed by atoms with Crippen LogP contribution in [0.2, 0.25) is 0 Å². The van der Waals surface area contributed by atoms with Gasteiger partial charge in [0, 0.05) is 18.0 Å². The van der Waals surface area contributed by atoms with Crippen molar-refractivity contribution in [3.8, 4) is 18.1 Å². The summed E-state index contributed by atoms with van der Waals surface area (Å²) in [6, 6.07) is 6.66. The summed E-state index contributed by atoms with van der Waals surface area (Å²) >= 11 is 0. The molecule has 0 aromatic heterocycles. The third-order valence-electron chi connectivity index (χ3n) is 3.06. The van der Waals surface area contributed by atoms with E-state index in [1.54, 1.807) is 0 Å². The third-order valence-corrected chi connectivity index (χ3v) is 3.06. The highest BCUT2D eigenvalue weighted by molar-refractivity contribution is 5.39. The fraction of sp³-hybridized carbons (Fsp3) is 0.529. The summed E-state index contributed by atoms with van der Waals surface area (Å²) in [4.78, 5) is 0. The molecule has 104 valence electrons. The largest absolute Gasteiger partial charge is 0.493 e. The Kier molecular flexibility index (Phi) is 7.07. The third kappa shape index (κ3) is 5.36. The van der Waals surface area contributed by atoms with E-state index in [9.17, 15) is 0 Å². The molecule has 0 fully saturated rings. The smallest absolute Gasteiger partial charge is 0.124 e. The van der Waals surface area contributed by atoms with Crippen molar-refractivity contribution in [3.63, 3.8) is 0 Å². The number of benzene rings is 1. The second-order valence-electron chi connectivity index (χ2n) is 4.87. The monoisotopic (exact) mass is 259 g/mol. The van der Waals surface area contributed by atoms with Crippen molar-refractivity contribution in [2.45, 2.75) is 46.1 Å². The number of aryl methyl sites for hydroxylation is 1. The lowest BCUT2D eigenvalue weighted by Crippen LogP contribution is -2.20. The van der Waals surface area contributed by atoms with Crippen LogP contribution in [0.3, 0.4) is 0 Å². The Morgan fingerprint density at radius 3 is 2.89 bits per heavy atom. The van der Waals surface area contributed by atoms with Gasteiger partial charge in [-0.1, -0.05) is 24.6 Å². The van der Waals surface area contributed by atoms with E-state index in [0.717, 1.165) is 31.6 Å². The molecular formula is C17H25NO. The Morgan fingerprint density at radius 1 is 1.42 bits per heavy atom. The first-order valence-electron chi connectivity index (χ1n) is 7.09. The summed E-state index contributed by atoms with van der Waals surface area (Å²) < 4.78 is 5.86. The van der Waals surface area contributed by atoms with Crippen LogP contribution in [0.5, 0.6) is 5.75 Å². The molecule has 0 bridgehead atoms. The van der Waals surface area contributed by atoms with Crippen LogP contribution >= 0.6 is 0 Å². The van der Waals surface area contributed by atoms with Gasteiger partial charge in [0.25, 0.3) is 0 Å². The van der Waals surface area contributed by atoms with Crippen molar-refractivity contribution < 1.29 is 4.74 Å². The van der Waals surface area contributed by atoms with Gasteiger partial charge < -0.3 is 10.1 Å². The topological polar surface area (TPSA) is 21.3 Å². The molecular weight excluding hydrogens is 234 g/mol. The Bertz CT molecular complexity index is 420. The summed E-state index contributed by atoms with van der Waals surface area (Å²) in [6.07, 6.45) is 8.05. The second-order valence-corrected chi connectivity index (χ2v) is 4.87. The predicted octanol–water partition coefficient (Wildman–Crippen LogP) is 3.85. The molecule has 0 saturated heterocycles. The van der Waals surface area contributed by atoms with E-state index in [4.69, 9.17) is 11.2 Å². The molecule has 0 spiro atoms. The molecule has 1 unspecified atom stereocenters. The van der Waals surface area contributed by atoms with Crippen LogP contribution in [0.4, 0.5) is 0 Å². The maximum Gasteiger partial charge on any atom is 0.124 e. The second kappa shape index (κ2) is 8.61. The van der Waals surface area contributed by atoms with E-state index in [2.05, 4.69) is 50.2 Å². The maximum absolute atomic E-state index is 5.86.